The van der Waals surface area contributed by atoms with E-state index in [1.807, 2.05) is 24.3 Å². The van der Waals surface area contributed by atoms with E-state index in [2.05, 4.69) is 16.3 Å². The van der Waals surface area contributed by atoms with Crippen LogP contribution in [0.15, 0.2) is 42.5 Å². The van der Waals surface area contributed by atoms with Crippen molar-refractivity contribution < 1.29 is 14.3 Å². The maximum Gasteiger partial charge on any atom is 0.225 e. The number of carbonyl (C=O) groups excluding carboxylic acids is 1. The Morgan fingerprint density at radius 1 is 1.22 bits per heavy atom. The number of methoxy groups -OCH3 is 2. The number of anilines is 1. The smallest absolute Gasteiger partial charge is 0.225 e. The summed E-state index contributed by atoms with van der Waals surface area (Å²) < 4.78 is 10.9. The number of amides is 1. The molecule has 2 aromatic carbocycles. The Balaban J connectivity index is 1.63. The molecule has 3 rings (SSSR count). The molecule has 0 unspecified atom stereocenters. The Morgan fingerprint density at radius 2 is 2.04 bits per heavy atom. The lowest BCUT2D eigenvalue weighted by Gasteiger charge is -2.26. The molecule has 0 spiro atoms. The van der Waals surface area contributed by atoms with Crippen molar-refractivity contribution in [1.82, 2.24) is 4.90 Å². The minimum absolute atomic E-state index is 0.0320. The van der Waals surface area contributed by atoms with Crippen LogP contribution in [0.4, 0.5) is 5.69 Å². The molecule has 1 fully saturated rings. The number of rotatable bonds is 7. The summed E-state index contributed by atoms with van der Waals surface area (Å²) in [6, 6.07) is 13.5. The highest BCUT2D eigenvalue weighted by Crippen LogP contribution is 2.38. The van der Waals surface area contributed by atoms with Crippen molar-refractivity contribution in [3.8, 4) is 11.5 Å². The fourth-order valence-corrected chi connectivity index (χ4v) is 3.74. The maximum atomic E-state index is 12.3. The van der Waals surface area contributed by atoms with Crippen molar-refractivity contribution >= 4 is 23.2 Å². The summed E-state index contributed by atoms with van der Waals surface area (Å²) in [5, 5.41) is 3.44. The summed E-state index contributed by atoms with van der Waals surface area (Å²) in [7, 11) is 3.32. The molecule has 0 aromatic heterocycles. The third-order valence-electron chi connectivity index (χ3n) is 4.94. The average Bonchev–Trinajstić information content (AvgIpc) is 3.16. The quantitative estimate of drug-likeness (QED) is 0.757. The number of carbonyl (C=O) groups is 1. The predicted molar refractivity (Wildman–Crippen MR) is 108 cm³/mol. The number of halogens is 1. The van der Waals surface area contributed by atoms with Crippen LogP contribution in [0, 0.1) is 0 Å². The Hall–Kier alpha value is -2.24. The first kappa shape index (κ1) is 19.5. The van der Waals surface area contributed by atoms with Gasteiger partial charge in [-0.05, 0) is 37.6 Å². The molecule has 1 atom stereocenters. The van der Waals surface area contributed by atoms with Gasteiger partial charge in [0.15, 0.2) is 0 Å². The third kappa shape index (κ3) is 4.73. The van der Waals surface area contributed by atoms with E-state index in [4.69, 9.17) is 21.1 Å². The van der Waals surface area contributed by atoms with Crippen LogP contribution in [-0.4, -0.2) is 38.1 Å². The van der Waals surface area contributed by atoms with Crippen LogP contribution >= 0.6 is 11.6 Å². The summed E-state index contributed by atoms with van der Waals surface area (Å²) >= 11 is 6.11. The molecule has 5 nitrogen and oxygen atoms in total. The van der Waals surface area contributed by atoms with Gasteiger partial charge in [-0.1, -0.05) is 29.8 Å². The molecule has 0 radical (unpaired) electrons. The van der Waals surface area contributed by atoms with Gasteiger partial charge in [0.1, 0.15) is 11.5 Å². The molecule has 1 N–H and O–H groups in total. The van der Waals surface area contributed by atoms with Gasteiger partial charge >= 0.3 is 0 Å². The molecule has 144 valence electrons. The zero-order valence-electron chi connectivity index (χ0n) is 15.7. The van der Waals surface area contributed by atoms with Crippen LogP contribution < -0.4 is 14.8 Å². The molecule has 0 saturated carbocycles. The number of ether oxygens (including phenoxy) is 2. The van der Waals surface area contributed by atoms with E-state index < -0.39 is 0 Å². The Labute approximate surface area is 165 Å². The van der Waals surface area contributed by atoms with Gasteiger partial charge in [0, 0.05) is 30.6 Å². The number of benzene rings is 2. The normalized spacial score (nSPS) is 16.9. The fourth-order valence-electron chi connectivity index (χ4n) is 3.56. The maximum absolute atomic E-state index is 12.3. The number of hydrogen-bond donors (Lipinski definition) is 1. The number of likely N-dealkylation sites (tertiary alicyclic amines) is 1. The fraction of sp³-hybridized carbons (Fsp3) is 0.381. The standard InChI is InChI=1S/C21H25ClN2O3/c1-26-15-9-10-16(20(14-15)27-2)19-8-5-12-24(19)13-11-21(25)23-18-7-4-3-6-17(18)22/h3-4,6-7,9-10,14,19H,5,8,11-13H2,1-2H3,(H,23,25)/t19-/m1/s1. The van der Waals surface area contributed by atoms with Crippen LogP contribution in [0.1, 0.15) is 30.9 Å². The highest BCUT2D eigenvalue weighted by atomic mass is 35.5. The van der Waals surface area contributed by atoms with Gasteiger partial charge in [-0.25, -0.2) is 0 Å². The monoisotopic (exact) mass is 388 g/mol. The van der Waals surface area contributed by atoms with Gasteiger partial charge < -0.3 is 14.8 Å². The van der Waals surface area contributed by atoms with E-state index >= 15 is 0 Å². The summed E-state index contributed by atoms with van der Waals surface area (Å²) in [4.78, 5) is 14.7. The first-order valence-corrected chi connectivity index (χ1v) is 9.50. The Bertz CT molecular complexity index is 797. The molecule has 2 aromatic rings. The molecule has 1 heterocycles. The number of para-hydroxylation sites is 1. The number of nitrogens with zero attached hydrogens (tertiary/aromatic N) is 1. The zero-order valence-corrected chi connectivity index (χ0v) is 16.5. The largest absolute Gasteiger partial charge is 0.497 e. The van der Waals surface area contributed by atoms with Crippen molar-refractivity contribution in [2.45, 2.75) is 25.3 Å². The van der Waals surface area contributed by atoms with Crippen molar-refractivity contribution in [2.75, 3.05) is 32.6 Å². The lowest BCUT2D eigenvalue weighted by Crippen LogP contribution is -2.28. The van der Waals surface area contributed by atoms with Crippen LogP contribution in [0.5, 0.6) is 11.5 Å². The van der Waals surface area contributed by atoms with Crippen LogP contribution in [0.2, 0.25) is 5.02 Å². The topological polar surface area (TPSA) is 50.8 Å². The van der Waals surface area contributed by atoms with E-state index in [0.717, 1.165) is 36.4 Å². The molecule has 0 aliphatic carbocycles. The lowest BCUT2D eigenvalue weighted by atomic mass is 10.0. The molecular formula is C21H25ClN2O3. The van der Waals surface area contributed by atoms with Crippen LogP contribution in [0.3, 0.4) is 0 Å². The molecule has 27 heavy (non-hydrogen) atoms. The summed E-state index contributed by atoms with van der Waals surface area (Å²) in [6.07, 6.45) is 2.57. The first-order chi connectivity index (χ1) is 13.1. The van der Waals surface area contributed by atoms with Gasteiger partial charge in [-0.2, -0.15) is 0 Å². The summed E-state index contributed by atoms with van der Waals surface area (Å²) in [6.45, 7) is 1.66. The minimum Gasteiger partial charge on any atom is -0.497 e. The van der Waals surface area contributed by atoms with E-state index in [1.165, 1.54) is 0 Å². The van der Waals surface area contributed by atoms with Crippen LogP contribution in [-0.2, 0) is 4.79 Å². The molecule has 0 bridgehead atoms. The lowest BCUT2D eigenvalue weighted by molar-refractivity contribution is -0.116. The average molecular weight is 389 g/mol. The zero-order chi connectivity index (χ0) is 19.2. The van der Waals surface area contributed by atoms with E-state index in [9.17, 15) is 4.79 Å². The van der Waals surface area contributed by atoms with Crippen molar-refractivity contribution in [2.24, 2.45) is 0 Å². The highest BCUT2D eigenvalue weighted by molar-refractivity contribution is 6.33. The molecule has 6 heteroatoms. The van der Waals surface area contributed by atoms with Gasteiger partial charge in [0.2, 0.25) is 5.91 Å². The number of hydrogen-bond acceptors (Lipinski definition) is 4. The van der Waals surface area contributed by atoms with Crippen molar-refractivity contribution in [3.63, 3.8) is 0 Å². The Kier molecular flexibility index (Phi) is 6.58. The van der Waals surface area contributed by atoms with Gasteiger partial charge in [-0.15, -0.1) is 0 Å². The third-order valence-corrected chi connectivity index (χ3v) is 5.27. The van der Waals surface area contributed by atoms with E-state index in [-0.39, 0.29) is 11.9 Å². The summed E-state index contributed by atoms with van der Waals surface area (Å²) in [5.41, 5.74) is 1.79. The first-order valence-electron chi connectivity index (χ1n) is 9.12. The van der Waals surface area contributed by atoms with Gasteiger partial charge in [0.25, 0.3) is 0 Å². The minimum atomic E-state index is -0.0320. The Morgan fingerprint density at radius 3 is 2.78 bits per heavy atom. The molecule has 1 amide bonds. The van der Waals surface area contributed by atoms with Crippen molar-refractivity contribution in [3.05, 3.63) is 53.1 Å². The van der Waals surface area contributed by atoms with E-state index in [1.54, 1.807) is 26.4 Å². The molecule has 1 aliphatic heterocycles. The molecule has 1 aliphatic rings. The number of nitrogens with one attached hydrogen (secondary N) is 1. The molecular weight excluding hydrogens is 364 g/mol. The summed E-state index contributed by atoms with van der Waals surface area (Å²) in [5.74, 6) is 1.57. The second-order valence-electron chi connectivity index (χ2n) is 6.58. The predicted octanol–water partition coefficient (Wildman–Crippen LogP) is 4.52. The molecule has 1 saturated heterocycles. The van der Waals surface area contributed by atoms with Crippen LogP contribution in [0.25, 0.3) is 0 Å². The second kappa shape index (κ2) is 9.11. The van der Waals surface area contributed by atoms with E-state index in [0.29, 0.717) is 23.7 Å². The van der Waals surface area contributed by atoms with Gasteiger partial charge in [0.05, 0.1) is 24.9 Å². The van der Waals surface area contributed by atoms with Gasteiger partial charge in [-0.3, -0.25) is 9.69 Å². The SMILES string of the molecule is COc1ccc([C@H]2CCCN2CCC(=O)Nc2ccccc2Cl)c(OC)c1. The highest BCUT2D eigenvalue weighted by Gasteiger charge is 2.28. The second-order valence-corrected chi connectivity index (χ2v) is 6.99. The van der Waals surface area contributed by atoms with Crippen molar-refractivity contribution in [1.29, 1.82) is 0 Å².